The van der Waals surface area contributed by atoms with Crippen molar-refractivity contribution in [2.24, 2.45) is 5.92 Å². The topological polar surface area (TPSA) is 51.2 Å². The van der Waals surface area contributed by atoms with Crippen molar-refractivity contribution in [2.45, 2.75) is 13.8 Å². The van der Waals surface area contributed by atoms with Crippen LogP contribution < -0.4 is 10.1 Å². The van der Waals surface area contributed by atoms with Crippen LogP contribution in [-0.2, 0) is 0 Å². The molecule has 0 atom stereocenters. The summed E-state index contributed by atoms with van der Waals surface area (Å²) in [6.07, 6.45) is 1.65. The number of thiazole rings is 1. The van der Waals surface area contributed by atoms with Crippen molar-refractivity contribution in [1.29, 1.82) is 0 Å². The van der Waals surface area contributed by atoms with E-state index >= 15 is 0 Å². The monoisotopic (exact) mass is 354 g/mol. The summed E-state index contributed by atoms with van der Waals surface area (Å²) in [5, 5.41) is 5.15. The Labute approximate surface area is 130 Å². The van der Waals surface area contributed by atoms with Crippen LogP contribution in [0.1, 0.15) is 24.2 Å². The molecule has 1 amide bonds. The Morgan fingerprint density at radius 2 is 2.25 bits per heavy atom. The van der Waals surface area contributed by atoms with Gasteiger partial charge in [-0.25, -0.2) is 4.98 Å². The van der Waals surface area contributed by atoms with E-state index in [9.17, 15) is 4.79 Å². The van der Waals surface area contributed by atoms with Crippen molar-refractivity contribution in [2.75, 3.05) is 11.9 Å². The number of carbonyl (C=O) groups is 1. The van der Waals surface area contributed by atoms with Gasteiger partial charge in [0, 0.05) is 21.6 Å². The molecular formula is C14H15BrN2O2S. The first-order valence-electron chi connectivity index (χ1n) is 6.19. The molecule has 6 heteroatoms. The zero-order valence-electron chi connectivity index (χ0n) is 11.2. The smallest absolute Gasteiger partial charge is 0.257 e. The lowest BCUT2D eigenvalue weighted by atomic mass is 10.2. The molecule has 0 spiro atoms. The summed E-state index contributed by atoms with van der Waals surface area (Å²) in [5.41, 5.74) is 0.535. The molecule has 106 valence electrons. The Bertz CT molecular complexity index is 585. The third kappa shape index (κ3) is 4.31. The van der Waals surface area contributed by atoms with E-state index in [4.69, 9.17) is 4.74 Å². The van der Waals surface area contributed by atoms with Gasteiger partial charge < -0.3 is 4.74 Å². The molecular weight excluding hydrogens is 340 g/mol. The summed E-state index contributed by atoms with van der Waals surface area (Å²) in [5.74, 6) is 0.912. The van der Waals surface area contributed by atoms with Gasteiger partial charge >= 0.3 is 0 Å². The molecule has 0 bridgehead atoms. The number of carbonyl (C=O) groups excluding carboxylic acids is 1. The zero-order chi connectivity index (χ0) is 14.5. The number of halogens is 1. The molecule has 2 aromatic rings. The van der Waals surface area contributed by atoms with Crippen LogP contribution in [0, 0.1) is 5.92 Å². The predicted molar refractivity (Wildman–Crippen MR) is 84.5 cm³/mol. The van der Waals surface area contributed by atoms with E-state index < -0.39 is 0 Å². The van der Waals surface area contributed by atoms with Crippen LogP contribution in [0.25, 0.3) is 0 Å². The van der Waals surface area contributed by atoms with Gasteiger partial charge in [-0.05, 0) is 24.1 Å². The fourth-order valence-electron chi connectivity index (χ4n) is 1.49. The minimum Gasteiger partial charge on any atom is -0.493 e. The van der Waals surface area contributed by atoms with E-state index in [1.807, 2.05) is 11.4 Å². The first-order chi connectivity index (χ1) is 9.54. The summed E-state index contributed by atoms with van der Waals surface area (Å²) >= 11 is 4.78. The van der Waals surface area contributed by atoms with Crippen molar-refractivity contribution in [1.82, 2.24) is 4.98 Å². The van der Waals surface area contributed by atoms with Crippen LogP contribution in [0.2, 0.25) is 0 Å². The molecule has 20 heavy (non-hydrogen) atoms. The summed E-state index contributed by atoms with van der Waals surface area (Å²) in [4.78, 5) is 16.2. The Kier molecular flexibility index (Phi) is 5.14. The molecule has 2 rings (SSSR count). The molecule has 0 fully saturated rings. The highest BCUT2D eigenvalue weighted by molar-refractivity contribution is 9.10. The molecule has 1 heterocycles. The number of amides is 1. The molecule has 0 saturated heterocycles. The lowest BCUT2D eigenvalue weighted by Gasteiger charge is -2.10. The Morgan fingerprint density at radius 1 is 1.45 bits per heavy atom. The van der Waals surface area contributed by atoms with Gasteiger partial charge in [-0.1, -0.05) is 29.8 Å². The van der Waals surface area contributed by atoms with E-state index in [-0.39, 0.29) is 5.91 Å². The highest BCUT2D eigenvalue weighted by atomic mass is 79.9. The van der Waals surface area contributed by atoms with Crippen LogP contribution >= 0.6 is 27.3 Å². The summed E-state index contributed by atoms with van der Waals surface area (Å²) in [7, 11) is 0. The summed E-state index contributed by atoms with van der Waals surface area (Å²) in [6, 6.07) is 5.34. The van der Waals surface area contributed by atoms with Gasteiger partial charge in [-0.2, -0.15) is 0 Å². The first-order valence-corrected chi connectivity index (χ1v) is 7.86. The maximum Gasteiger partial charge on any atom is 0.257 e. The third-order valence-electron chi connectivity index (χ3n) is 2.37. The lowest BCUT2D eigenvalue weighted by Crippen LogP contribution is -2.12. The SMILES string of the molecule is CC(C)COc1cc(Br)cc(C(=O)Nc2nccs2)c1. The maximum atomic E-state index is 12.1. The van der Waals surface area contributed by atoms with Crippen LogP contribution in [-0.4, -0.2) is 17.5 Å². The molecule has 4 nitrogen and oxygen atoms in total. The molecule has 1 N–H and O–H groups in total. The second kappa shape index (κ2) is 6.85. The van der Waals surface area contributed by atoms with E-state index in [1.54, 1.807) is 18.3 Å². The van der Waals surface area contributed by atoms with E-state index in [1.165, 1.54) is 11.3 Å². The van der Waals surface area contributed by atoms with Gasteiger partial charge in [-0.3, -0.25) is 10.1 Å². The molecule has 1 aromatic carbocycles. The number of hydrogen-bond acceptors (Lipinski definition) is 4. The van der Waals surface area contributed by atoms with Gasteiger partial charge in [0.05, 0.1) is 6.61 Å². The fourth-order valence-corrected chi connectivity index (χ4v) is 2.49. The number of hydrogen-bond donors (Lipinski definition) is 1. The van der Waals surface area contributed by atoms with Crippen LogP contribution in [0.5, 0.6) is 5.75 Å². The van der Waals surface area contributed by atoms with E-state index in [2.05, 4.69) is 40.1 Å². The predicted octanol–water partition coefficient (Wildman–Crippen LogP) is 4.19. The standard InChI is InChI=1S/C14H15BrN2O2S/c1-9(2)8-19-12-6-10(5-11(15)7-12)13(18)17-14-16-3-4-20-14/h3-7,9H,8H2,1-2H3,(H,16,17,18). The number of nitrogens with zero attached hydrogens (tertiary/aromatic N) is 1. The van der Waals surface area contributed by atoms with Gasteiger partial charge in [0.25, 0.3) is 5.91 Å². The van der Waals surface area contributed by atoms with Crippen molar-refractivity contribution >= 4 is 38.3 Å². The van der Waals surface area contributed by atoms with Crippen molar-refractivity contribution in [3.8, 4) is 5.75 Å². The second-order valence-corrected chi connectivity index (χ2v) is 6.48. The van der Waals surface area contributed by atoms with Crippen LogP contribution in [0.15, 0.2) is 34.2 Å². The van der Waals surface area contributed by atoms with Crippen molar-refractivity contribution in [3.63, 3.8) is 0 Å². The number of nitrogens with one attached hydrogen (secondary N) is 1. The molecule has 0 saturated carbocycles. The zero-order valence-corrected chi connectivity index (χ0v) is 13.6. The lowest BCUT2D eigenvalue weighted by molar-refractivity contribution is 0.102. The average molecular weight is 355 g/mol. The molecule has 0 radical (unpaired) electrons. The number of ether oxygens (including phenoxy) is 1. The Morgan fingerprint density at radius 3 is 2.90 bits per heavy atom. The minimum atomic E-state index is -0.198. The van der Waals surface area contributed by atoms with Gasteiger partial charge in [0.2, 0.25) is 0 Å². The molecule has 0 unspecified atom stereocenters. The average Bonchev–Trinajstić information content (AvgIpc) is 2.88. The fraction of sp³-hybridized carbons (Fsp3) is 0.286. The van der Waals surface area contributed by atoms with E-state index in [0.717, 1.165) is 4.47 Å². The van der Waals surface area contributed by atoms with Gasteiger partial charge in [0.1, 0.15) is 5.75 Å². The first kappa shape index (κ1) is 15.0. The number of aromatic nitrogens is 1. The second-order valence-electron chi connectivity index (χ2n) is 4.67. The number of rotatable bonds is 5. The number of benzene rings is 1. The quantitative estimate of drug-likeness (QED) is 0.875. The summed E-state index contributed by atoms with van der Waals surface area (Å²) in [6.45, 7) is 4.77. The van der Waals surface area contributed by atoms with Crippen LogP contribution in [0.3, 0.4) is 0 Å². The minimum absolute atomic E-state index is 0.198. The van der Waals surface area contributed by atoms with Crippen molar-refractivity contribution in [3.05, 3.63) is 39.8 Å². The Hall–Kier alpha value is -1.40. The highest BCUT2D eigenvalue weighted by Gasteiger charge is 2.10. The molecule has 0 aliphatic heterocycles. The van der Waals surface area contributed by atoms with E-state index in [0.29, 0.717) is 29.0 Å². The van der Waals surface area contributed by atoms with Crippen LogP contribution in [0.4, 0.5) is 5.13 Å². The maximum absolute atomic E-state index is 12.1. The molecule has 0 aliphatic rings. The largest absolute Gasteiger partial charge is 0.493 e. The highest BCUT2D eigenvalue weighted by Crippen LogP contribution is 2.23. The molecule has 1 aromatic heterocycles. The summed E-state index contributed by atoms with van der Waals surface area (Å²) < 4.78 is 6.46. The van der Waals surface area contributed by atoms with Gasteiger partial charge in [0.15, 0.2) is 5.13 Å². The third-order valence-corrected chi connectivity index (χ3v) is 3.52. The van der Waals surface area contributed by atoms with Gasteiger partial charge in [-0.15, -0.1) is 11.3 Å². The normalized spacial score (nSPS) is 10.6. The number of anilines is 1. The Balaban J connectivity index is 2.12. The van der Waals surface area contributed by atoms with Crippen molar-refractivity contribution < 1.29 is 9.53 Å². The molecule has 0 aliphatic carbocycles.